The van der Waals surface area contributed by atoms with Gasteiger partial charge in [0.1, 0.15) is 17.6 Å². The number of benzene rings is 1. The number of hydrogen-bond acceptors (Lipinski definition) is 7. The van der Waals surface area contributed by atoms with Gasteiger partial charge in [-0.3, -0.25) is 4.79 Å². The molecule has 1 aliphatic rings. The fourth-order valence-corrected chi connectivity index (χ4v) is 3.39. The SMILES string of the molecule is CCOCC(C)C(C=O)NC(=O)COc1ccccc1N1CCN(C(=O)OC(C)(C)C)CC1. The molecule has 9 heteroatoms. The van der Waals surface area contributed by atoms with Crippen molar-refractivity contribution < 1.29 is 28.6 Å². The number of carbonyl (C=O) groups is 3. The molecule has 0 spiro atoms. The van der Waals surface area contributed by atoms with Gasteiger partial charge in [0.15, 0.2) is 6.61 Å². The summed E-state index contributed by atoms with van der Waals surface area (Å²) in [5.74, 6) is 0.0586. The number of rotatable bonds is 10. The predicted molar refractivity (Wildman–Crippen MR) is 126 cm³/mol. The molecule has 1 aromatic rings. The summed E-state index contributed by atoms with van der Waals surface area (Å²) in [7, 11) is 0. The highest BCUT2D eigenvalue weighted by Crippen LogP contribution is 2.29. The van der Waals surface area contributed by atoms with Crippen molar-refractivity contribution in [3.8, 4) is 5.75 Å². The maximum atomic E-state index is 12.4. The lowest BCUT2D eigenvalue weighted by Crippen LogP contribution is -2.50. The molecule has 33 heavy (non-hydrogen) atoms. The van der Waals surface area contributed by atoms with E-state index in [9.17, 15) is 14.4 Å². The third-order valence-corrected chi connectivity index (χ3v) is 5.17. The van der Waals surface area contributed by atoms with Crippen LogP contribution in [-0.4, -0.2) is 80.8 Å². The maximum absolute atomic E-state index is 12.4. The van der Waals surface area contributed by atoms with Gasteiger partial charge in [0.25, 0.3) is 5.91 Å². The lowest BCUT2D eigenvalue weighted by molar-refractivity contribution is -0.126. The largest absolute Gasteiger partial charge is 0.482 e. The van der Waals surface area contributed by atoms with Crippen molar-refractivity contribution in [2.75, 3.05) is 50.9 Å². The molecule has 184 valence electrons. The summed E-state index contributed by atoms with van der Waals surface area (Å²) in [5.41, 5.74) is 0.324. The molecular formula is C24H37N3O6. The number of amides is 2. The molecular weight excluding hydrogens is 426 g/mol. The van der Waals surface area contributed by atoms with Gasteiger partial charge in [0.05, 0.1) is 18.3 Å². The smallest absolute Gasteiger partial charge is 0.410 e. The highest BCUT2D eigenvalue weighted by atomic mass is 16.6. The van der Waals surface area contributed by atoms with Crippen LogP contribution in [0.2, 0.25) is 0 Å². The van der Waals surface area contributed by atoms with Crippen LogP contribution >= 0.6 is 0 Å². The Balaban J connectivity index is 1.91. The summed E-state index contributed by atoms with van der Waals surface area (Å²) in [5, 5.41) is 2.70. The Morgan fingerprint density at radius 1 is 1.15 bits per heavy atom. The number of nitrogens with one attached hydrogen (secondary N) is 1. The molecule has 2 rings (SSSR count). The third kappa shape index (κ3) is 8.57. The normalized spacial score (nSPS) is 16.0. The monoisotopic (exact) mass is 463 g/mol. The van der Waals surface area contributed by atoms with Crippen LogP contribution in [0.1, 0.15) is 34.6 Å². The van der Waals surface area contributed by atoms with E-state index in [0.29, 0.717) is 45.1 Å². The molecule has 1 heterocycles. The molecule has 1 aliphatic heterocycles. The van der Waals surface area contributed by atoms with E-state index in [1.807, 2.05) is 52.8 Å². The van der Waals surface area contributed by atoms with E-state index in [1.165, 1.54) is 0 Å². The van der Waals surface area contributed by atoms with E-state index in [4.69, 9.17) is 14.2 Å². The topological polar surface area (TPSA) is 97.4 Å². The van der Waals surface area contributed by atoms with E-state index < -0.39 is 11.6 Å². The molecule has 9 nitrogen and oxygen atoms in total. The first-order chi connectivity index (χ1) is 15.6. The standard InChI is InChI=1S/C24H37N3O6/c1-6-31-16-18(2)19(15-28)25-22(29)17-32-21-10-8-7-9-20(21)26-11-13-27(14-12-26)23(30)33-24(3,4)5/h7-10,15,18-19H,6,11-14,16-17H2,1-5H3,(H,25,29). The van der Waals surface area contributed by atoms with Crippen LogP contribution in [0, 0.1) is 5.92 Å². The average molecular weight is 464 g/mol. The zero-order valence-electron chi connectivity index (χ0n) is 20.3. The average Bonchev–Trinajstić information content (AvgIpc) is 2.78. The number of para-hydroxylation sites is 2. The van der Waals surface area contributed by atoms with Crippen LogP contribution in [0.3, 0.4) is 0 Å². The lowest BCUT2D eigenvalue weighted by Gasteiger charge is -2.37. The van der Waals surface area contributed by atoms with Crippen molar-refractivity contribution >= 4 is 24.0 Å². The van der Waals surface area contributed by atoms with Gasteiger partial charge in [-0.15, -0.1) is 0 Å². The second kappa shape index (κ2) is 12.4. The summed E-state index contributed by atoms with van der Waals surface area (Å²) in [4.78, 5) is 39.9. The summed E-state index contributed by atoms with van der Waals surface area (Å²) in [6.07, 6.45) is 0.409. The first-order valence-corrected chi connectivity index (χ1v) is 11.4. The molecule has 1 fully saturated rings. The Hall–Kier alpha value is -2.81. The van der Waals surface area contributed by atoms with Gasteiger partial charge in [0.2, 0.25) is 0 Å². The first-order valence-electron chi connectivity index (χ1n) is 11.4. The summed E-state index contributed by atoms with van der Waals surface area (Å²) >= 11 is 0. The van der Waals surface area contributed by atoms with Crippen molar-refractivity contribution in [1.29, 1.82) is 0 Å². The minimum atomic E-state index is -0.635. The number of anilines is 1. The molecule has 0 radical (unpaired) electrons. The zero-order chi connectivity index (χ0) is 24.4. The van der Waals surface area contributed by atoms with E-state index in [1.54, 1.807) is 11.0 Å². The molecule has 0 bridgehead atoms. The Bertz CT molecular complexity index is 787. The lowest BCUT2D eigenvalue weighted by atomic mass is 10.0. The van der Waals surface area contributed by atoms with Gasteiger partial charge in [0, 0.05) is 38.7 Å². The summed E-state index contributed by atoms with van der Waals surface area (Å²) < 4.78 is 16.6. The van der Waals surface area contributed by atoms with Gasteiger partial charge < -0.3 is 34.1 Å². The van der Waals surface area contributed by atoms with Crippen LogP contribution in [0.25, 0.3) is 0 Å². The van der Waals surface area contributed by atoms with Gasteiger partial charge in [-0.2, -0.15) is 0 Å². The van der Waals surface area contributed by atoms with E-state index in [0.717, 1.165) is 12.0 Å². The van der Waals surface area contributed by atoms with Crippen LogP contribution in [0.5, 0.6) is 5.75 Å². The number of piperazine rings is 1. The molecule has 0 aliphatic carbocycles. The molecule has 2 unspecified atom stereocenters. The van der Waals surface area contributed by atoms with Crippen molar-refractivity contribution in [3.63, 3.8) is 0 Å². The number of ether oxygens (including phenoxy) is 3. The Labute approximate surface area is 196 Å². The number of aldehydes is 1. The number of nitrogens with zero attached hydrogens (tertiary/aromatic N) is 2. The van der Waals surface area contributed by atoms with Gasteiger partial charge in [-0.25, -0.2) is 4.79 Å². The third-order valence-electron chi connectivity index (χ3n) is 5.17. The molecule has 1 N–H and O–H groups in total. The summed E-state index contributed by atoms with van der Waals surface area (Å²) in [6, 6.07) is 6.84. The van der Waals surface area contributed by atoms with E-state index >= 15 is 0 Å². The molecule has 0 aromatic heterocycles. The molecule has 0 saturated carbocycles. The number of carbonyl (C=O) groups excluding carboxylic acids is 3. The Morgan fingerprint density at radius 3 is 2.42 bits per heavy atom. The highest BCUT2D eigenvalue weighted by Gasteiger charge is 2.27. The van der Waals surface area contributed by atoms with E-state index in [2.05, 4.69) is 10.2 Å². The maximum Gasteiger partial charge on any atom is 0.410 e. The highest BCUT2D eigenvalue weighted by molar-refractivity contribution is 5.81. The van der Waals surface area contributed by atoms with Gasteiger partial charge >= 0.3 is 6.09 Å². The molecule has 2 atom stereocenters. The molecule has 1 saturated heterocycles. The summed E-state index contributed by atoms with van der Waals surface area (Å²) in [6.45, 7) is 12.3. The van der Waals surface area contributed by atoms with Gasteiger partial charge in [-0.1, -0.05) is 19.1 Å². The van der Waals surface area contributed by atoms with Crippen molar-refractivity contribution in [3.05, 3.63) is 24.3 Å². The van der Waals surface area contributed by atoms with Crippen LogP contribution in [-0.2, 0) is 19.1 Å². The van der Waals surface area contributed by atoms with Crippen LogP contribution < -0.4 is 15.0 Å². The minimum absolute atomic E-state index is 0.139. The van der Waals surface area contributed by atoms with Crippen molar-refractivity contribution in [2.24, 2.45) is 5.92 Å². The first kappa shape index (κ1) is 26.4. The Kier molecular flexibility index (Phi) is 9.96. The van der Waals surface area contributed by atoms with Crippen LogP contribution in [0.4, 0.5) is 10.5 Å². The van der Waals surface area contributed by atoms with E-state index in [-0.39, 0.29) is 24.5 Å². The quantitative estimate of drug-likeness (QED) is 0.533. The van der Waals surface area contributed by atoms with Crippen molar-refractivity contribution in [2.45, 2.75) is 46.3 Å². The fourth-order valence-electron chi connectivity index (χ4n) is 3.39. The zero-order valence-corrected chi connectivity index (χ0v) is 20.3. The Morgan fingerprint density at radius 2 is 1.82 bits per heavy atom. The second-order valence-corrected chi connectivity index (χ2v) is 9.08. The second-order valence-electron chi connectivity index (χ2n) is 9.08. The van der Waals surface area contributed by atoms with Crippen molar-refractivity contribution in [1.82, 2.24) is 10.2 Å². The molecule has 2 amide bonds. The minimum Gasteiger partial charge on any atom is -0.482 e. The molecule has 1 aromatic carbocycles. The number of hydrogen-bond donors (Lipinski definition) is 1. The van der Waals surface area contributed by atoms with Crippen LogP contribution in [0.15, 0.2) is 24.3 Å². The predicted octanol–water partition coefficient (Wildman–Crippen LogP) is 2.48. The fraction of sp³-hybridized carbons (Fsp3) is 0.625. The van der Waals surface area contributed by atoms with Gasteiger partial charge in [-0.05, 0) is 39.8 Å².